The van der Waals surface area contributed by atoms with Gasteiger partial charge in [-0.2, -0.15) is 0 Å². The molecule has 0 radical (unpaired) electrons. The molecule has 0 saturated heterocycles. The second kappa shape index (κ2) is 8.33. The summed E-state index contributed by atoms with van der Waals surface area (Å²) in [4.78, 5) is 3.56. The van der Waals surface area contributed by atoms with Crippen LogP contribution in [-0.4, -0.2) is 45.0 Å². The quantitative estimate of drug-likeness (QED) is 0.449. The van der Waals surface area contributed by atoms with Crippen LogP contribution in [0.15, 0.2) is 82.6 Å². The summed E-state index contributed by atoms with van der Waals surface area (Å²) in [6.07, 6.45) is 0. The van der Waals surface area contributed by atoms with E-state index in [-0.39, 0.29) is 9.79 Å². The van der Waals surface area contributed by atoms with E-state index >= 15 is 0 Å². The topological polar surface area (TPSA) is 86.8 Å². The molecule has 0 aliphatic rings. The third-order valence-electron chi connectivity index (χ3n) is 5.48. The number of anilines is 2. The standard InChI is InChI=1S/C24H25N3O4S2/c1-26(2)21-13-5-11-19-17(21)9-7-15-23(19)32(28,29)25-33(30,31)24-16-8-10-18-20(24)12-6-14-22(18)27(3)4/h5-16,25H,1-4H3. The van der Waals surface area contributed by atoms with E-state index in [1.807, 2.05) is 66.4 Å². The van der Waals surface area contributed by atoms with Crippen molar-refractivity contribution in [3.63, 3.8) is 0 Å². The minimum absolute atomic E-state index is 0.0958. The van der Waals surface area contributed by atoms with Crippen LogP contribution in [0.4, 0.5) is 11.4 Å². The first-order chi connectivity index (χ1) is 15.5. The van der Waals surface area contributed by atoms with Crippen LogP contribution in [0.3, 0.4) is 0 Å². The van der Waals surface area contributed by atoms with Crippen LogP contribution in [0.1, 0.15) is 0 Å². The number of nitrogens with zero attached hydrogens (tertiary/aromatic N) is 2. The maximum Gasteiger partial charge on any atom is 0.254 e. The Bertz CT molecular complexity index is 1460. The number of sulfonamides is 2. The highest BCUT2D eigenvalue weighted by atomic mass is 32.3. The molecule has 0 aliphatic heterocycles. The first-order valence-electron chi connectivity index (χ1n) is 10.2. The summed E-state index contributed by atoms with van der Waals surface area (Å²) in [7, 11) is -1.35. The SMILES string of the molecule is CN(C)c1cccc2c(S(=O)(=O)NS(=O)(=O)c3cccc4c(N(C)C)cccc34)cccc12. The highest BCUT2D eigenvalue weighted by molar-refractivity contribution is 8.05. The van der Waals surface area contributed by atoms with Crippen molar-refractivity contribution in [2.75, 3.05) is 38.0 Å². The van der Waals surface area contributed by atoms with E-state index in [0.717, 1.165) is 11.4 Å². The summed E-state index contributed by atoms with van der Waals surface area (Å²) in [6, 6.07) is 20.3. The Morgan fingerprint density at radius 3 is 1.21 bits per heavy atom. The molecule has 0 aromatic heterocycles. The molecule has 33 heavy (non-hydrogen) atoms. The Balaban J connectivity index is 1.85. The molecule has 0 amide bonds. The van der Waals surface area contributed by atoms with Crippen molar-refractivity contribution in [2.45, 2.75) is 9.79 Å². The number of benzene rings is 4. The lowest BCUT2D eigenvalue weighted by Gasteiger charge is -2.18. The number of hydrogen-bond acceptors (Lipinski definition) is 6. The lowest BCUT2D eigenvalue weighted by atomic mass is 10.1. The Kier molecular flexibility index (Phi) is 5.81. The summed E-state index contributed by atoms with van der Waals surface area (Å²) in [5.41, 5.74) is 1.66. The van der Waals surface area contributed by atoms with Crippen molar-refractivity contribution in [1.82, 2.24) is 4.13 Å². The Hall–Kier alpha value is -3.14. The highest BCUT2D eigenvalue weighted by Gasteiger charge is 2.28. The van der Waals surface area contributed by atoms with Gasteiger partial charge in [0.15, 0.2) is 0 Å². The van der Waals surface area contributed by atoms with Crippen molar-refractivity contribution >= 4 is 53.0 Å². The number of rotatable bonds is 6. The maximum absolute atomic E-state index is 13.3. The number of nitrogens with one attached hydrogen (secondary N) is 1. The molecule has 0 saturated carbocycles. The van der Waals surface area contributed by atoms with Gasteiger partial charge in [0.1, 0.15) is 0 Å². The Morgan fingerprint density at radius 1 is 0.515 bits per heavy atom. The predicted molar refractivity (Wildman–Crippen MR) is 134 cm³/mol. The average molecular weight is 484 g/mol. The normalized spacial score (nSPS) is 12.2. The monoisotopic (exact) mass is 483 g/mol. The van der Waals surface area contributed by atoms with Gasteiger partial charge in [-0.05, 0) is 24.3 Å². The largest absolute Gasteiger partial charge is 0.377 e. The molecular formula is C24H25N3O4S2. The Morgan fingerprint density at radius 2 is 0.848 bits per heavy atom. The molecule has 4 aromatic rings. The van der Waals surface area contributed by atoms with Gasteiger partial charge in [-0.25, -0.2) is 16.8 Å². The van der Waals surface area contributed by atoms with Crippen LogP contribution >= 0.6 is 0 Å². The van der Waals surface area contributed by atoms with E-state index in [2.05, 4.69) is 0 Å². The van der Waals surface area contributed by atoms with Crippen LogP contribution in [0.2, 0.25) is 0 Å². The lowest BCUT2D eigenvalue weighted by Crippen LogP contribution is -2.31. The summed E-state index contributed by atoms with van der Waals surface area (Å²) < 4.78 is 55.2. The maximum atomic E-state index is 13.3. The molecule has 4 aromatic carbocycles. The fourth-order valence-corrected chi connectivity index (χ4v) is 7.34. The van der Waals surface area contributed by atoms with Gasteiger partial charge in [0.05, 0.1) is 9.79 Å². The van der Waals surface area contributed by atoms with Crippen LogP contribution in [-0.2, 0) is 20.0 Å². The summed E-state index contributed by atoms with van der Waals surface area (Å²) in [5, 5.41) is 2.31. The lowest BCUT2D eigenvalue weighted by molar-refractivity contribution is 0.578. The molecule has 0 fully saturated rings. The van der Waals surface area contributed by atoms with Crippen molar-refractivity contribution in [3.8, 4) is 0 Å². The molecule has 0 spiro atoms. The fourth-order valence-electron chi connectivity index (χ4n) is 4.01. The van der Waals surface area contributed by atoms with Crippen LogP contribution in [0, 0.1) is 0 Å². The van der Waals surface area contributed by atoms with E-state index in [0.29, 0.717) is 21.5 Å². The van der Waals surface area contributed by atoms with Crippen LogP contribution in [0.25, 0.3) is 21.5 Å². The van der Waals surface area contributed by atoms with Gasteiger partial charge in [0.25, 0.3) is 20.0 Å². The highest BCUT2D eigenvalue weighted by Crippen LogP contribution is 2.32. The zero-order chi connectivity index (χ0) is 24.0. The molecule has 7 nitrogen and oxygen atoms in total. The molecule has 0 heterocycles. The van der Waals surface area contributed by atoms with E-state index < -0.39 is 20.0 Å². The van der Waals surface area contributed by atoms with Crippen LogP contribution in [0.5, 0.6) is 0 Å². The van der Waals surface area contributed by atoms with Crippen molar-refractivity contribution in [3.05, 3.63) is 72.8 Å². The number of fused-ring (bicyclic) bond motifs is 2. The molecule has 4 rings (SSSR count). The van der Waals surface area contributed by atoms with E-state index in [9.17, 15) is 16.8 Å². The second-order valence-electron chi connectivity index (χ2n) is 8.14. The third-order valence-corrected chi connectivity index (χ3v) is 9.11. The second-order valence-corrected chi connectivity index (χ2v) is 11.7. The number of hydrogen-bond donors (Lipinski definition) is 1. The first kappa shape index (κ1) is 23.0. The third kappa shape index (κ3) is 4.15. The average Bonchev–Trinajstić information content (AvgIpc) is 2.76. The molecule has 0 aliphatic carbocycles. The fraction of sp³-hybridized carbons (Fsp3) is 0.167. The van der Waals surface area contributed by atoms with Gasteiger partial charge in [-0.3, -0.25) is 0 Å². The molecule has 0 atom stereocenters. The van der Waals surface area contributed by atoms with E-state index in [1.165, 1.54) is 12.1 Å². The molecule has 1 N–H and O–H groups in total. The zero-order valence-corrected chi connectivity index (χ0v) is 20.4. The smallest absolute Gasteiger partial charge is 0.254 e. The molecular weight excluding hydrogens is 458 g/mol. The summed E-state index contributed by atoms with van der Waals surface area (Å²) in [5.74, 6) is 0. The molecule has 172 valence electrons. The van der Waals surface area contributed by atoms with Gasteiger partial charge in [0, 0.05) is 61.1 Å². The summed E-state index contributed by atoms with van der Waals surface area (Å²) >= 11 is 0. The van der Waals surface area contributed by atoms with Gasteiger partial charge >= 0.3 is 0 Å². The molecule has 0 unspecified atom stereocenters. The van der Waals surface area contributed by atoms with Gasteiger partial charge in [-0.1, -0.05) is 48.5 Å². The predicted octanol–water partition coefficient (Wildman–Crippen LogP) is 3.79. The minimum atomic E-state index is -4.40. The van der Waals surface area contributed by atoms with Crippen molar-refractivity contribution < 1.29 is 16.8 Å². The van der Waals surface area contributed by atoms with Crippen molar-refractivity contribution in [1.29, 1.82) is 0 Å². The molecule has 9 heteroatoms. The molecule has 0 bridgehead atoms. The van der Waals surface area contributed by atoms with Crippen LogP contribution < -0.4 is 13.9 Å². The van der Waals surface area contributed by atoms with Gasteiger partial charge in [0.2, 0.25) is 0 Å². The summed E-state index contributed by atoms with van der Waals surface area (Å²) in [6.45, 7) is 0. The van der Waals surface area contributed by atoms with Crippen molar-refractivity contribution in [2.24, 2.45) is 0 Å². The zero-order valence-electron chi connectivity index (χ0n) is 18.8. The van der Waals surface area contributed by atoms with Gasteiger partial charge in [-0.15, -0.1) is 4.13 Å². The Labute approximate surface area is 194 Å². The van der Waals surface area contributed by atoms with Gasteiger partial charge < -0.3 is 9.80 Å². The van der Waals surface area contributed by atoms with E-state index in [4.69, 9.17) is 0 Å². The van der Waals surface area contributed by atoms with E-state index in [1.54, 1.807) is 36.4 Å². The minimum Gasteiger partial charge on any atom is -0.377 e. The first-order valence-corrected chi connectivity index (χ1v) is 13.2.